The van der Waals surface area contributed by atoms with Crippen molar-refractivity contribution in [2.45, 2.75) is 29.9 Å². The topological polar surface area (TPSA) is 62.2 Å². The largest absolute Gasteiger partial charge is 0.389 e. The van der Waals surface area contributed by atoms with Crippen LogP contribution in [0.1, 0.15) is 25.5 Å². The molecule has 0 bridgehead atoms. The number of hydrogen-bond donors (Lipinski definition) is 2. The van der Waals surface area contributed by atoms with E-state index in [2.05, 4.69) is 10.3 Å². The molecular weight excluding hydrogens is 272 g/mol. The Balaban J connectivity index is 2.10. The zero-order valence-corrected chi connectivity index (χ0v) is 12.1. The van der Waals surface area contributed by atoms with Gasteiger partial charge in [0.1, 0.15) is 5.03 Å². The average molecular weight is 288 g/mol. The molecule has 2 N–H and O–H groups in total. The quantitative estimate of drug-likeness (QED) is 0.906. The molecule has 2 aromatic rings. The number of pyridine rings is 1. The fraction of sp³-hybridized carbons (Fsp3) is 0.200. The van der Waals surface area contributed by atoms with E-state index in [1.807, 2.05) is 30.3 Å². The molecule has 104 valence electrons. The van der Waals surface area contributed by atoms with Crippen LogP contribution in [-0.2, 0) is 4.79 Å². The maximum atomic E-state index is 10.9. The molecule has 4 nitrogen and oxygen atoms in total. The third kappa shape index (κ3) is 4.08. The maximum absolute atomic E-state index is 10.9. The fourth-order valence-corrected chi connectivity index (χ4v) is 2.49. The number of nitrogens with one attached hydrogen (secondary N) is 1. The first-order chi connectivity index (χ1) is 9.54. The van der Waals surface area contributed by atoms with Gasteiger partial charge in [-0.05, 0) is 48.9 Å². The molecule has 0 spiro atoms. The van der Waals surface area contributed by atoms with Gasteiger partial charge in [0.25, 0.3) is 0 Å². The minimum Gasteiger partial charge on any atom is -0.389 e. The molecule has 1 amide bonds. The number of anilines is 1. The first kappa shape index (κ1) is 14.6. The molecule has 0 saturated heterocycles. The lowest BCUT2D eigenvalue weighted by atomic mass is 10.2. The lowest BCUT2D eigenvalue weighted by molar-refractivity contribution is -0.114. The summed E-state index contributed by atoms with van der Waals surface area (Å²) in [4.78, 5) is 16.2. The summed E-state index contributed by atoms with van der Waals surface area (Å²) in [6.45, 7) is 3.21. The molecule has 1 atom stereocenters. The van der Waals surface area contributed by atoms with Gasteiger partial charge in [-0.2, -0.15) is 0 Å². The van der Waals surface area contributed by atoms with Crippen molar-refractivity contribution in [2.24, 2.45) is 0 Å². The number of aliphatic hydroxyl groups excluding tert-OH is 1. The van der Waals surface area contributed by atoms with Crippen LogP contribution in [0.2, 0.25) is 0 Å². The van der Waals surface area contributed by atoms with Crippen molar-refractivity contribution in [1.82, 2.24) is 4.98 Å². The van der Waals surface area contributed by atoms with Crippen LogP contribution >= 0.6 is 11.8 Å². The van der Waals surface area contributed by atoms with Crippen LogP contribution < -0.4 is 5.32 Å². The number of aliphatic hydroxyl groups is 1. The van der Waals surface area contributed by atoms with E-state index in [0.717, 1.165) is 21.2 Å². The molecule has 0 fully saturated rings. The van der Waals surface area contributed by atoms with E-state index in [4.69, 9.17) is 0 Å². The zero-order valence-electron chi connectivity index (χ0n) is 11.3. The second-order valence-electron chi connectivity index (χ2n) is 4.41. The molecule has 5 heteroatoms. The molecule has 0 aliphatic heterocycles. The second kappa shape index (κ2) is 6.54. The van der Waals surface area contributed by atoms with E-state index in [-0.39, 0.29) is 5.91 Å². The van der Waals surface area contributed by atoms with Gasteiger partial charge in [0.05, 0.1) is 6.10 Å². The summed E-state index contributed by atoms with van der Waals surface area (Å²) >= 11 is 1.51. The second-order valence-corrected chi connectivity index (χ2v) is 5.50. The summed E-state index contributed by atoms with van der Waals surface area (Å²) in [6, 6.07) is 11.2. The molecule has 0 saturated carbocycles. The molecule has 0 aliphatic carbocycles. The van der Waals surface area contributed by atoms with E-state index in [1.54, 1.807) is 19.2 Å². The number of nitrogens with zero attached hydrogens (tertiary/aromatic N) is 1. The normalized spacial score (nSPS) is 11.9. The number of amides is 1. The van der Waals surface area contributed by atoms with Crippen LogP contribution in [0.25, 0.3) is 0 Å². The third-order valence-corrected chi connectivity index (χ3v) is 3.58. The first-order valence-electron chi connectivity index (χ1n) is 6.24. The molecule has 20 heavy (non-hydrogen) atoms. The van der Waals surface area contributed by atoms with E-state index in [9.17, 15) is 9.90 Å². The minimum atomic E-state index is -0.500. The Labute approximate surface area is 122 Å². The standard InChI is InChI=1S/C15H16N2O2S/c1-10(18)12-7-8-16-15(9-12)20-14-5-3-13(4-6-14)17-11(2)19/h3-10,18H,1-2H3,(H,17,19). The Kier molecular flexibility index (Phi) is 4.76. The number of carbonyl (C=O) groups excluding carboxylic acids is 1. The van der Waals surface area contributed by atoms with Crippen LogP contribution in [0.15, 0.2) is 52.5 Å². The van der Waals surface area contributed by atoms with Gasteiger partial charge < -0.3 is 10.4 Å². The molecule has 1 aromatic carbocycles. The van der Waals surface area contributed by atoms with Crippen molar-refractivity contribution < 1.29 is 9.90 Å². The number of carbonyl (C=O) groups is 1. The Bertz CT molecular complexity index is 597. The van der Waals surface area contributed by atoms with Crippen molar-refractivity contribution in [3.63, 3.8) is 0 Å². The zero-order chi connectivity index (χ0) is 14.5. The average Bonchev–Trinajstić information content (AvgIpc) is 2.41. The van der Waals surface area contributed by atoms with Gasteiger partial charge in [0.2, 0.25) is 5.91 Å². The Hall–Kier alpha value is -1.85. The van der Waals surface area contributed by atoms with Crippen LogP contribution in [0.5, 0.6) is 0 Å². The van der Waals surface area contributed by atoms with Crippen molar-refractivity contribution in [2.75, 3.05) is 5.32 Å². The Morgan fingerprint density at radius 1 is 1.30 bits per heavy atom. The summed E-state index contributed by atoms with van der Waals surface area (Å²) in [5.74, 6) is -0.0864. The Morgan fingerprint density at radius 3 is 2.60 bits per heavy atom. The predicted molar refractivity (Wildman–Crippen MR) is 79.7 cm³/mol. The summed E-state index contributed by atoms with van der Waals surface area (Å²) < 4.78 is 0. The van der Waals surface area contributed by atoms with Crippen molar-refractivity contribution in [3.05, 3.63) is 48.2 Å². The van der Waals surface area contributed by atoms with Crippen LogP contribution in [-0.4, -0.2) is 16.0 Å². The highest BCUT2D eigenvalue weighted by Crippen LogP contribution is 2.28. The summed E-state index contributed by atoms with van der Waals surface area (Å²) in [5, 5.41) is 13.1. The number of aromatic nitrogens is 1. The molecular formula is C15H16N2O2S. The smallest absolute Gasteiger partial charge is 0.221 e. The lowest BCUT2D eigenvalue weighted by Gasteiger charge is -2.07. The number of benzene rings is 1. The molecule has 2 rings (SSSR count). The highest BCUT2D eigenvalue weighted by molar-refractivity contribution is 7.99. The SMILES string of the molecule is CC(=O)Nc1ccc(Sc2cc(C(C)O)ccn2)cc1. The molecule has 0 aliphatic rings. The van der Waals surface area contributed by atoms with Crippen LogP contribution in [0.3, 0.4) is 0 Å². The van der Waals surface area contributed by atoms with Gasteiger partial charge in [0.15, 0.2) is 0 Å². The van der Waals surface area contributed by atoms with Crippen molar-refractivity contribution in [1.29, 1.82) is 0 Å². The van der Waals surface area contributed by atoms with Crippen LogP contribution in [0, 0.1) is 0 Å². The first-order valence-corrected chi connectivity index (χ1v) is 7.06. The maximum Gasteiger partial charge on any atom is 0.221 e. The Morgan fingerprint density at radius 2 is 2.00 bits per heavy atom. The highest BCUT2D eigenvalue weighted by Gasteiger charge is 2.04. The van der Waals surface area contributed by atoms with Gasteiger partial charge in [-0.15, -0.1) is 0 Å². The summed E-state index contributed by atoms with van der Waals surface area (Å²) in [6.07, 6.45) is 1.19. The van der Waals surface area contributed by atoms with E-state index in [1.165, 1.54) is 18.7 Å². The predicted octanol–water partition coefficient (Wildman–Crippen LogP) is 3.24. The van der Waals surface area contributed by atoms with Gasteiger partial charge in [-0.3, -0.25) is 4.79 Å². The van der Waals surface area contributed by atoms with E-state index in [0.29, 0.717) is 0 Å². The fourth-order valence-electron chi connectivity index (χ4n) is 1.67. The number of rotatable bonds is 4. The van der Waals surface area contributed by atoms with Gasteiger partial charge in [-0.1, -0.05) is 11.8 Å². The lowest BCUT2D eigenvalue weighted by Crippen LogP contribution is -2.05. The van der Waals surface area contributed by atoms with Gasteiger partial charge >= 0.3 is 0 Å². The summed E-state index contributed by atoms with van der Waals surface area (Å²) in [7, 11) is 0. The third-order valence-electron chi connectivity index (χ3n) is 2.64. The number of hydrogen-bond acceptors (Lipinski definition) is 4. The van der Waals surface area contributed by atoms with E-state index < -0.39 is 6.10 Å². The van der Waals surface area contributed by atoms with Crippen molar-refractivity contribution >= 4 is 23.4 Å². The molecule has 0 radical (unpaired) electrons. The molecule has 1 unspecified atom stereocenters. The van der Waals surface area contributed by atoms with Gasteiger partial charge in [-0.25, -0.2) is 4.98 Å². The highest BCUT2D eigenvalue weighted by atomic mass is 32.2. The van der Waals surface area contributed by atoms with Crippen molar-refractivity contribution in [3.8, 4) is 0 Å². The van der Waals surface area contributed by atoms with Gasteiger partial charge in [0, 0.05) is 23.7 Å². The summed E-state index contributed by atoms with van der Waals surface area (Å²) in [5.41, 5.74) is 1.62. The van der Waals surface area contributed by atoms with Crippen LogP contribution in [0.4, 0.5) is 5.69 Å². The molecule has 1 heterocycles. The minimum absolute atomic E-state index is 0.0864. The monoisotopic (exact) mass is 288 g/mol. The van der Waals surface area contributed by atoms with E-state index >= 15 is 0 Å². The molecule has 1 aromatic heterocycles.